The molecule has 0 fully saturated rings. The molecule has 156 valence electrons. The van der Waals surface area contributed by atoms with Gasteiger partial charge in [-0.1, -0.05) is 36.4 Å². The molecule has 1 aromatic heterocycles. The van der Waals surface area contributed by atoms with Crippen molar-refractivity contribution in [2.75, 3.05) is 19.0 Å². The summed E-state index contributed by atoms with van der Waals surface area (Å²) < 4.78 is 13.3. The number of methoxy groups -OCH3 is 1. The lowest BCUT2D eigenvalue weighted by Gasteiger charge is -2.30. The van der Waals surface area contributed by atoms with Gasteiger partial charge in [0.05, 0.1) is 21.3 Å². The quantitative estimate of drug-likeness (QED) is 0.309. The first-order valence-corrected chi connectivity index (χ1v) is 11.9. The summed E-state index contributed by atoms with van der Waals surface area (Å²) in [6, 6.07) is 25.3. The van der Waals surface area contributed by atoms with Gasteiger partial charge in [-0.15, -0.1) is 11.3 Å². The number of fused-ring (bicyclic) bond motifs is 3. The van der Waals surface area contributed by atoms with Crippen LogP contribution in [-0.4, -0.2) is 13.7 Å². The van der Waals surface area contributed by atoms with E-state index in [0.717, 1.165) is 49.8 Å². The van der Waals surface area contributed by atoms with E-state index < -0.39 is 0 Å². The topological polar surface area (TPSA) is 30.5 Å². The third kappa shape index (κ3) is 3.62. The molecule has 2 heterocycles. The number of hydrogen-bond acceptors (Lipinski definition) is 4. The predicted molar refractivity (Wildman–Crippen MR) is 133 cm³/mol. The van der Waals surface area contributed by atoms with Gasteiger partial charge in [-0.05, 0) is 70.4 Å². The Balaban J connectivity index is 1.72. The second kappa shape index (κ2) is 8.40. The highest BCUT2D eigenvalue weighted by Gasteiger charge is 2.31. The third-order valence-electron chi connectivity index (χ3n) is 5.51. The number of thiophene rings is 1. The van der Waals surface area contributed by atoms with Crippen LogP contribution in [0.5, 0.6) is 11.5 Å². The number of halogens is 1. The maximum Gasteiger partial charge on any atom is 0.159 e. The Morgan fingerprint density at radius 3 is 2.65 bits per heavy atom. The lowest BCUT2D eigenvalue weighted by atomic mass is 9.88. The van der Waals surface area contributed by atoms with Crippen molar-refractivity contribution in [2.45, 2.75) is 13.0 Å². The molecule has 0 radical (unpaired) electrons. The van der Waals surface area contributed by atoms with Gasteiger partial charge in [-0.2, -0.15) is 0 Å². The van der Waals surface area contributed by atoms with E-state index in [-0.39, 0.29) is 6.10 Å². The van der Waals surface area contributed by atoms with E-state index in [2.05, 4.69) is 82.8 Å². The van der Waals surface area contributed by atoms with Gasteiger partial charge in [0.25, 0.3) is 0 Å². The molecule has 1 atom stereocenters. The molecule has 1 aliphatic heterocycles. The van der Waals surface area contributed by atoms with Crippen LogP contribution in [0.15, 0.2) is 76.6 Å². The van der Waals surface area contributed by atoms with Crippen LogP contribution < -0.4 is 14.8 Å². The van der Waals surface area contributed by atoms with Crippen LogP contribution >= 0.6 is 27.3 Å². The molecule has 0 spiro atoms. The summed E-state index contributed by atoms with van der Waals surface area (Å²) in [4.78, 5) is 1.17. The highest BCUT2D eigenvalue weighted by molar-refractivity contribution is 9.11. The fourth-order valence-corrected chi connectivity index (χ4v) is 5.64. The Morgan fingerprint density at radius 2 is 1.87 bits per heavy atom. The van der Waals surface area contributed by atoms with Crippen molar-refractivity contribution in [1.29, 1.82) is 0 Å². The van der Waals surface area contributed by atoms with Crippen LogP contribution in [0.25, 0.3) is 22.3 Å². The Morgan fingerprint density at radius 1 is 1.00 bits per heavy atom. The fraction of sp³-hybridized carbons (Fsp3) is 0.154. The van der Waals surface area contributed by atoms with Gasteiger partial charge < -0.3 is 14.8 Å². The Labute approximate surface area is 194 Å². The minimum atomic E-state index is -0.169. The Hall–Kier alpha value is -2.76. The molecular formula is C26H22BrNO2S. The summed E-state index contributed by atoms with van der Waals surface area (Å²) in [5, 5.41) is 3.48. The van der Waals surface area contributed by atoms with Gasteiger partial charge in [0, 0.05) is 23.4 Å². The first-order chi connectivity index (χ1) is 15.2. The van der Waals surface area contributed by atoms with Crippen molar-refractivity contribution >= 4 is 33.0 Å². The zero-order chi connectivity index (χ0) is 21.4. The van der Waals surface area contributed by atoms with Crippen molar-refractivity contribution in [3.63, 3.8) is 0 Å². The molecule has 1 aliphatic rings. The van der Waals surface area contributed by atoms with Crippen LogP contribution in [0.1, 0.15) is 23.5 Å². The third-order valence-corrected chi connectivity index (χ3v) is 7.18. The molecule has 4 aromatic rings. The molecule has 0 saturated heterocycles. The highest BCUT2D eigenvalue weighted by atomic mass is 79.9. The van der Waals surface area contributed by atoms with Crippen LogP contribution in [-0.2, 0) is 0 Å². The summed E-state index contributed by atoms with van der Waals surface area (Å²) >= 11 is 5.31. The van der Waals surface area contributed by atoms with Crippen LogP contribution in [0.2, 0.25) is 0 Å². The van der Waals surface area contributed by atoms with Gasteiger partial charge in [-0.25, -0.2) is 0 Å². The largest absolute Gasteiger partial charge is 0.496 e. The second-order valence-corrected chi connectivity index (χ2v) is 9.85. The van der Waals surface area contributed by atoms with E-state index in [9.17, 15) is 0 Å². The lowest BCUT2D eigenvalue weighted by molar-refractivity contribution is 0.246. The summed E-state index contributed by atoms with van der Waals surface area (Å²) in [6.07, 6.45) is -0.169. The normalized spacial score (nSPS) is 14.4. The first kappa shape index (κ1) is 20.2. The van der Waals surface area contributed by atoms with E-state index in [0.29, 0.717) is 0 Å². The van der Waals surface area contributed by atoms with Crippen molar-refractivity contribution in [2.24, 2.45) is 0 Å². The number of nitrogens with one attached hydrogen (secondary N) is 1. The molecule has 5 rings (SSSR count). The molecule has 31 heavy (non-hydrogen) atoms. The summed E-state index contributed by atoms with van der Waals surface area (Å²) in [5.41, 5.74) is 6.79. The maximum atomic E-state index is 6.56. The van der Waals surface area contributed by atoms with Crippen molar-refractivity contribution < 1.29 is 9.47 Å². The molecule has 0 aliphatic carbocycles. The lowest BCUT2D eigenvalue weighted by Crippen LogP contribution is -2.15. The average Bonchev–Trinajstić information content (AvgIpc) is 3.24. The average molecular weight is 492 g/mol. The van der Waals surface area contributed by atoms with Gasteiger partial charge in [0.1, 0.15) is 11.5 Å². The first-order valence-electron chi connectivity index (χ1n) is 10.3. The summed E-state index contributed by atoms with van der Waals surface area (Å²) in [5.74, 6) is 1.67. The van der Waals surface area contributed by atoms with Gasteiger partial charge in [-0.3, -0.25) is 0 Å². The van der Waals surface area contributed by atoms with Gasteiger partial charge >= 0.3 is 0 Å². The predicted octanol–water partition coefficient (Wildman–Crippen LogP) is 7.77. The zero-order valence-electron chi connectivity index (χ0n) is 17.3. The molecule has 0 amide bonds. The van der Waals surface area contributed by atoms with E-state index in [1.54, 1.807) is 18.4 Å². The molecule has 0 saturated carbocycles. The fourth-order valence-electron chi connectivity index (χ4n) is 4.17. The zero-order valence-corrected chi connectivity index (χ0v) is 19.7. The SMILES string of the molecule is CCNc1ccccc1-c1ccc2c(c1)C(c1ccc(Br)s1)Oc1cccc(OC)c1-2. The number of benzene rings is 3. The monoisotopic (exact) mass is 491 g/mol. The van der Waals surface area contributed by atoms with E-state index in [1.165, 1.54) is 10.4 Å². The van der Waals surface area contributed by atoms with Crippen LogP contribution in [0.3, 0.4) is 0 Å². The highest BCUT2D eigenvalue weighted by Crippen LogP contribution is 2.51. The molecule has 5 heteroatoms. The second-order valence-electron chi connectivity index (χ2n) is 7.35. The maximum absolute atomic E-state index is 6.56. The molecule has 3 nitrogen and oxygen atoms in total. The summed E-state index contributed by atoms with van der Waals surface area (Å²) in [6.45, 7) is 2.99. The van der Waals surface area contributed by atoms with E-state index >= 15 is 0 Å². The smallest absolute Gasteiger partial charge is 0.159 e. The number of ether oxygens (including phenoxy) is 2. The Bertz CT molecular complexity index is 1250. The number of hydrogen-bond donors (Lipinski definition) is 1. The van der Waals surface area contributed by atoms with Crippen LogP contribution in [0.4, 0.5) is 5.69 Å². The molecule has 3 aromatic carbocycles. The van der Waals surface area contributed by atoms with E-state index in [4.69, 9.17) is 9.47 Å². The standard InChI is InChI=1S/C26H22BrNO2S/c1-3-28-20-8-5-4-7-17(20)16-11-12-18-19(15-16)26(23-13-14-24(27)31-23)30-22-10-6-9-21(29-2)25(18)22/h4-15,26,28H,3H2,1-2H3. The minimum absolute atomic E-state index is 0.169. The van der Waals surface area contributed by atoms with Crippen molar-refractivity contribution in [3.05, 3.63) is 87.0 Å². The molecular weight excluding hydrogens is 470 g/mol. The summed E-state index contributed by atoms with van der Waals surface area (Å²) in [7, 11) is 1.71. The number of rotatable bonds is 5. The number of para-hydroxylation sites is 1. The van der Waals surface area contributed by atoms with E-state index in [1.807, 2.05) is 18.2 Å². The van der Waals surface area contributed by atoms with Crippen molar-refractivity contribution in [1.82, 2.24) is 0 Å². The minimum Gasteiger partial charge on any atom is -0.496 e. The number of anilines is 1. The van der Waals surface area contributed by atoms with Gasteiger partial charge in [0.15, 0.2) is 6.10 Å². The van der Waals surface area contributed by atoms with Crippen LogP contribution in [0, 0.1) is 0 Å². The molecule has 1 unspecified atom stereocenters. The molecule has 1 N–H and O–H groups in total. The molecule has 0 bridgehead atoms. The van der Waals surface area contributed by atoms with Gasteiger partial charge in [0.2, 0.25) is 0 Å². The Kier molecular flexibility index (Phi) is 5.47. The van der Waals surface area contributed by atoms with Crippen molar-refractivity contribution in [3.8, 4) is 33.8 Å².